The molecule has 0 radical (unpaired) electrons. The average Bonchev–Trinajstić information content (AvgIpc) is 2.70. The highest BCUT2D eigenvalue weighted by molar-refractivity contribution is 5.34. The summed E-state index contributed by atoms with van der Waals surface area (Å²) in [6.07, 6.45) is 5.24. The van der Waals surface area contributed by atoms with Gasteiger partial charge in [-0.1, -0.05) is 31.2 Å². The normalized spacial score (nSPS) is 19.1. The Hall–Kier alpha value is -0.820. The van der Waals surface area contributed by atoms with Crippen molar-refractivity contribution in [3.05, 3.63) is 35.4 Å². The maximum atomic E-state index is 2.46. The van der Waals surface area contributed by atoms with Crippen molar-refractivity contribution < 1.29 is 0 Å². The Morgan fingerprint density at radius 1 is 1.25 bits per heavy atom. The van der Waals surface area contributed by atoms with E-state index in [9.17, 15) is 0 Å². The molecule has 1 aromatic rings. The molecule has 0 bridgehead atoms. The van der Waals surface area contributed by atoms with Gasteiger partial charge in [0.05, 0.1) is 0 Å². The summed E-state index contributed by atoms with van der Waals surface area (Å²) in [6, 6.07) is 8.98. The van der Waals surface area contributed by atoms with Gasteiger partial charge in [-0.05, 0) is 62.9 Å². The summed E-state index contributed by atoms with van der Waals surface area (Å²) < 4.78 is 0. The highest BCUT2D eigenvalue weighted by Gasteiger charge is 2.21. The van der Waals surface area contributed by atoms with Gasteiger partial charge in [-0.2, -0.15) is 0 Å². The first-order valence-corrected chi connectivity index (χ1v) is 6.57. The van der Waals surface area contributed by atoms with Crippen molar-refractivity contribution in [2.45, 2.75) is 38.5 Å². The van der Waals surface area contributed by atoms with Crippen molar-refractivity contribution in [1.29, 1.82) is 0 Å². The predicted octanol–water partition coefficient (Wildman–Crippen LogP) is 3.45. The molecule has 1 aliphatic carbocycles. The monoisotopic (exact) mass is 217 g/mol. The molecule has 88 valence electrons. The molecule has 0 N–H and O–H groups in total. The lowest BCUT2D eigenvalue weighted by Gasteiger charge is -2.18. The number of hydrogen-bond donors (Lipinski definition) is 0. The number of rotatable bonds is 5. The molecule has 0 saturated heterocycles. The van der Waals surface area contributed by atoms with Crippen LogP contribution < -0.4 is 0 Å². The lowest BCUT2D eigenvalue weighted by Crippen LogP contribution is -2.21. The molecule has 0 fully saturated rings. The molecule has 1 heteroatoms. The van der Waals surface area contributed by atoms with Gasteiger partial charge in [-0.25, -0.2) is 0 Å². The molecule has 0 heterocycles. The highest BCUT2D eigenvalue weighted by atomic mass is 15.1. The van der Waals surface area contributed by atoms with E-state index in [4.69, 9.17) is 0 Å². The van der Waals surface area contributed by atoms with Gasteiger partial charge in [0, 0.05) is 0 Å². The number of fused-ring (bicyclic) bond motifs is 1. The van der Waals surface area contributed by atoms with E-state index in [1.54, 1.807) is 11.1 Å². The van der Waals surface area contributed by atoms with Gasteiger partial charge < -0.3 is 4.90 Å². The molecule has 2 rings (SSSR count). The Kier molecular flexibility index (Phi) is 4.00. The van der Waals surface area contributed by atoms with Gasteiger partial charge in [0.15, 0.2) is 0 Å². The second-order valence-corrected chi connectivity index (χ2v) is 5.03. The van der Waals surface area contributed by atoms with E-state index in [-0.39, 0.29) is 0 Å². The molecule has 16 heavy (non-hydrogen) atoms. The summed E-state index contributed by atoms with van der Waals surface area (Å²) in [5.41, 5.74) is 3.21. The van der Waals surface area contributed by atoms with Gasteiger partial charge >= 0.3 is 0 Å². The van der Waals surface area contributed by atoms with Crippen LogP contribution in [-0.4, -0.2) is 25.0 Å². The Balaban J connectivity index is 1.88. The molecule has 1 nitrogen and oxygen atoms in total. The zero-order valence-electron chi connectivity index (χ0n) is 10.6. The van der Waals surface area contributed by atoms with Crippen molar-refractivity contribution in [3.8, 4) is 0 Å². The van der Waals surface area contributed by atoms with Gasteiger partial charge in [-0.15, -0.1) is 0 Å². The molecular weight excluding hydrogens is 194 g/mol. The molecule has 0 spiro atoms. The topological polar surface area (TPSA) is 3.24 Å². The molecule has 0 aliphatic heterocycles. The lowest BCUT2D eigenvalue weighted by molar-refractivity contribution is 0.318. The minimum Gasteiger partial charge on any atom is -0.306 e. The van der Waals surface area contributed by atoms with Crippen LogP contribution >= 0.6 is 0 Å². The van der Waals surface area contributed by atoms with E-state index in [0.717, 1.165) is 5.92 Å². The van der Waals surface area contributed by atoms with E-state index in [2.05, 4.69) is 43.1 Å². The molecular formula is C15H23N. The predicted molar refractivity (Wildman–Crippen MR) is 69.9 cm³/mol. The second kappa shape index (κ2) is 5.49. The minimum absolute atomic E-state index is 0.815. The lowest BCUT2D eigenvalue weighted by atomic mass is 9.98. The van der Waals surface area contributed by atoms with Gasteiger partial charge in [0.25, 0.3) is 0 Å². The maximum absolute atomic E-state index is 2.46. The molecule has 1 aliphatic rings. The van der Waals surface area contributed by atoms with Crippen LogP contribution in [0.1, 0.15) is 43.2 Å². The van der Waals surface area contributed by atoms with Gasteiger partial charge in [0.2, 0.25) is 0 Å². The van der Waals surface area contributed by atoms with Crippen LogP contribution in [0.25, 0.3) is 0 Å². The SMILES string of the molecule is CCCN(C)CC[C@H]1CCc2ccccc21. The van der Waals surface area contributed by atoms with E-state index in [1.165, 1.54) is 38.8 Å². The zero-order valence-corrected chi connectivity index (χ0v) is 10.6. The summed E-state index contributed by atoms with van der Waals surface area (Å²) in [5.74, 6) is 0.815. The summed E-state index contributed by atoms with van der Waals surface area (Å²) in [5, 5.41) is 0. The van der Waals surface area contributed by atoms with Crippen LogP contribution in [0.3, 0.4) is 0 Å². The number of hydrogen-bond acceptors (Lipinski definition) is 1. The molecule has 0 unspecified atom stereocenters. The van der Waals surface area contributed by atoms with Crippen molar-refractivity contribution >= 4 is 0 Å². The molecule has 0 saturated carbocycles. The molecule has 0 amide bonds. The van der Waals surface area contributed by atoms with Crippen molar-refractivity contribution in [1.82, 2.24) is 4.90 Å². The summed E-state index contributed by atoms with van der Waals surface area (Å²) in [6.45, 7) is 4.72. The summed E-state index contributed by atoms with van der Waals surface area (Å²) in [4.78, 5) is 2.46. The van der Waals surface area contributed by atoms with Crippen molar-refractivity contribution in [2.75, 3.05) is 20.1 Å². The summed E-state index contributed by atoms with van der Waals surface area (Å²) >= 11 is 0. The van der Waals surface area contributed by atoms with Crippen LogP contribution in [0.15, 0.2) is 24.3 Å². The first-order chi connectivity index (χ1) is 7.81. The quantitative estimate of drug-likeness (QED) is 0.730. The second-order valence-electron chi connectivity index (χ2n) is 5.03. The van der Waals surface area contributed by atoms with E-state index < -0.39 is 0 Å². The van der Waals surface area contributed by atoms with E-state index >= 15 is 0 Å². The third kappa shape index (κ3) is 2.65. The smallest absolute Gasteiger partial charge is 0.00160 e. The Bertz CT molecular complexity index is 332. The highest BCUT2D eigenvalue weighted by Crippen LogP contribution is 2.35. The average molecular weight is 217 g/mol. The van der Waals surface area contributed by atoms with Crippen LogP contribution in [-0.2, 0) is 6.42 Å². The fourth-order valence-electron chi connectivity index (χ4n) is 2.81. The van der Waals surface area contributed by atoms with Crippen molar-refractivity contribution in [3.63, 3.8) is 0 Å². The van der Waals surface area contributed by atoms with Gasteiger partial charge in [0.1, 0.15) is 0 Å². The van der Waals surface area contributed by atoms with E-state index in [0.29, 0.717) is 0 Å². The van der Waals surface area contributed by atoms with Crippen molar-refractivity contribution in [2.24, 2.45) is 0 Å². The van der Waals surface area contributed by atoms with Crippen LogP contribution in [0.2, 0.25) is 0 Å². The first-order valence-electron chi connectivity index (χ1n) is 6.57. The zero-order chi connectivity index (χ0) is 11.4. The first kappa shape index (κ1) is 11.7. The van der Waals surface area contributed by atoms with Crippen LogP contribution in [0.4, 0.5) is 0 Å². The van der Waals surface area contributed by atoms with E-state index in [1.807, 2.05) is 0 Å². The molecule has 1 atom stereocenters. The third-order valence-corrected chi connectivity index (χ3v) is 3.72. The molecule has 1 aromatic carbocycles. The molecule has 0 aromatic heterocycles. The number of aryl methyl sites for hydroxylation is 1. The maximum Gasteiger partial charge on any atom is -0.00160 e. The van der Waals surface area contributed by atoms with Crippen LogP contribution in [0, 0.1) is 0 Å². The Morgan fingerprint density at radius 2 is 2.06 bits per heavy atom. The summed E-state index contributed by atoms with van der Waals surface area (Å²) in [7, 11) is 2.24. The fraction of sp³-hybridized carbons (Fsp3) is 0.600. The minimum atomic E-state index is 0.815. The van der Waals surface area contributed by atoms with Gasteiger partial charge in [-0.3, -0.25) is 0 Å². The fourth-order valence-corrected chi connectivity index (χ4v) is 2.81. The third-order valence-electron chi connectivity index (χ3n) is 3.72. The van der Waals surface area contributed by atoms with Crippen LogP contribution in [0.5, 0.6) is 0 Å². The Labute approximate surface area is 99.5 Å². The number of nitrogens with zero attached hydrogens (tertiary/aromatic N) is 1. The number of benzene rings is 1. The standard InChI is InChI=1S/C15H23N/c1-3-11-16(2)12-10-14-9-8-13-6-4-5-7-15(13)14/h4-7,14H,3,8-12H2,1-2H3/t14-/m1/s1. The largest absolute Gasteiger partial charge is 0.306 e. The Morgan fingerprint density at radius 3 is 2.88 bits per heavy atom.